The van der Waals surface area contributed by atoms with Crippen molar-refractivity contribution in [3.05, 3.63) is 57.6 Å². The van der Waals surface area contributed by atoms with E-state index in [0.29, 0.717) is 10.8 Å². The largest absolute Gasteiger partial charge is 0.329 e. The highest BCUT2D eigenvalue weighted by molar-refractivity contribution is 6.30. The van der Waals surface area contributed by atoms with Gasteiger partial charge >= 0.3 is 0 Å². The Hall–Kier alpha value is -2.07. The fourth-order valence-electron chi connectivity index (χ4n) is 1.95. The number of hydrogen-bond acceptors (Lipinski definition) is 2. The molecule has 2 aromatic heterocycles. The van der Waals surface area contributed by atoms with E-state index < -0.39 is 0 Å². The van der Waals surface area contributed by atoms with E-state index in [1.54, 1.807) is 28.8 Å². The molecule has 0 amide bonds. The minimum atomic E-state index is -0.0938. The summed E-state index contributed by atoms with van der Waals surface area (Å²) in [4.78, 5) is 19.3. The first kappa shape index (κ1) is 11.0. The molecule has 0 saturated carbocycles. The fraction of sp³-hybridized carbons (Fsp3) is 0.0769. The van der Waals surface area contributed by atoms with Gasteiger partial charge in [-0.3, -0.25) is 4.79 Å². The predicted molar refractivity (Wildman–Crippen MR) is 71.0 cm³/mol. The lowest BCUT2D eigenvalue weighted by atomic mass is 10.2. The molecule has 4 nitrogen and oxygen atoms in total. The second kappa shape index (κ2) is 3.99. The normalized spacial score (nSPS) is 11.0. The number of aryl methyl sites for hydroxylation is 1. The number of nitrogens with one attached hydrogen (secondary N) is 1. The first-order valence-electron chi connectivity index (χ1n) is 5.48. The van der Waals surface area contributed by atoms with Crippen molar-refractivity contribution < 1.29 is 0 Å². The van der Waals surface area contributed by atoms with Crippen molar-refractivity contribution >= 4 is 17.4 Å². The standard InChI is InChI=1S/C13H10ClN3O/c1-8-6-12(18)17-11(7-15-13(17)16-8)9-2-4-10(14)5-3-9/h2-7H,1H3,(H,15,16). The number of H-pyrrole nitrogens is 1. The molecule has 18 heavy (non-hydrogen) atoms. The number of hydrogen-bond donors (Lipinski definition) is 1. The molecule has 3 rings (SSSR count). The topological polar surface area (TPSA) is 50.2 Å². The maximum atomic E-state index is 12.0. The van der Waals surface area contributed by atoms with Crippen molar-refractivity contribution in [1.82, 2.24) is 14.4 Å². The van der Waals surface area contributed by atoms with Crippen LogP contribution < -0.4 is 5.56 Å². The Balaban J connectivity index is 2.30. The first-order chi connectivity index (χ1) is 8.65. The Bertz CT molecular complexity index is 771. The summed E-state index contributed by atoms with van der Waals surface area (Å²) in [5.41, 5.74) is 2.36. The highest BCUT2D eigenvalue weighted by atomic mass is 35.5. The van der Waals surface area contributed by atoms with Crippen molar-refractivity contribution in [2.45, 2.75) is 6.92 Å². The summed E-state index contributed by atoms with van der Waals surface area (Å²) in [6.45, 7) is 1.83. The number of halogens is 1. The molecule has 1 N–H and O–H groups in total. The molecule has 0 unspecified atom stereocenters. The number of benzene rings is 1. The summed E-state index contributed by atoms with van der Waals surface area (Å²) in [5.74, 6) is 0.546. The third-order valence-corrected chi connectivity index (χ3v) is 3.02. The number of fused-ring (bicyclic) bond motifs is 1. The van der Waals surface area contributed by atoms with Gasteiger partial charge in [0.2, 0.25) is 5.78 Å². The van der Waals surface area contributed by atoms with Crippen LogP contribution in [0.2, 0.25) is 5.02 Å². The molecule has 5 heteroatoms. The number of imidazole rings is 1. The number of aromatic amines is 1. The maximum absolute atomic E-state index is 12.0. The molecule has 0 fully saturated rings. The van der Waals surface area contributed by atoms with Crippen molar-refractivity contribution in [1.29, 1.82) is 0 Å². The Labute approximate surface area is 108 Å². The van der Waals surface area contributed by atoms with E-state index in [9.17, 15) is 4.79 Å². The van der Waals surface area contributed by atoms with Crippen LogP contribution >= 0.6 is 11.6 Å². The average Bonchev–Trinajstić information content (AvgIpc) is 2.74. The third-order valence-electron chi connectivity index (χ3n) is 2.77. The van der Waals surface area contributed by atoms with Crippen LogP contribution in [0.1, 0.15) is 5.69 Å². The van der Waals surface area contributed by atoms with E-state index in [0.717, 1.165) is 17.0 Å². The van der Waals surface area contributed by atoms with Crippen LogP contribution in [-0.2, 0) is 0 Å². The van der Waals surface area contributed by atoms with E-state index in [-0.39, 0.29) is 5.56 Å². The van der Waals surface area contributed by atoms with Gasteiger partial charge in [-0.05, 0) is 19.1 Å². The lowest BCUT2D eigenvalue weighted by molar-refractivity contribution is 1.03. The molecule has 90 valence electrons. The van der Waals surface area contributed by atoms with Gasteiger partial charge in [-0.25, -0.2) is 9.38 Å². The first-order valence-corrected chi connectivity index (χ1v) is 5.86. The summed E-state index contributed by atoms with van der Waals surface area (Å²) < 4.78 is 1.55. The lowest BCUT2D eigenvalue weighted by Gasteiger charge is -2.02. The van der Waals surface area contributed by atoms with Gasteiger partial charge < -0.3 is 4.98 Å². The van der Waals surface area contributed by atoms with Gasteiger partial charge in [0.15, 0.2) is 0 Å². The summed E-state index contributed by atoms with van der Waals surface area (Å²) in [6.07, 6.45) is 1.68. The van der Waals surface area contributed by atoms with Crippen LogP contribution in [0.5, 0.6) is 0 Å². The Morgan fingerprint density at radius 1 is 1.28 bits per heavy atom. The molecule has 0 aliphatic carbocycles. The minimum absolute atomic E-state index is 0.0938. The predicted octanol–water partition coefficient (Wildman–Crippen LogP) is 2.65. The van der Waals surface area contributed by atoms with E-state index in [1.165, 1.54) is 0 Å². The van der Waals surface area contributed by atoms with Gasteiger partial charge in [0, 0.05) is 22.3 Å². The van der Waals surface area contributed by atoms with Gasteiger partial charge in [-0.15, -0.1) is 0 Å². The molecular weight excluding hydrogens is 250 g/mol. The van der Waals surface area contributed by atoms with E-state index in [2.05, 4.69) is 9.97 Å². The molecule has 3 aromatic rings. The monoisotopic (exact) mass is 259 g/mol. The van der Waals surface area contributed by atoms with E-state index in [4.69, 9.17) is 11.6 Å². The Morgan fingerprint density at radius 3 is 2.72 bits per heavy atom. The van der Waals surface area contributed by atoms with Crippen molar-refractivity contribution in [2.24, 2.45) is 0 Å². The van der Waals surface area contributed by atoms with Crippen LogP contribution in [0.3, 0.4) is 0 Å². The number of aromatic nitrogens is 3. The SMILES string of the molecule is Cc1cc(=O)n2c(-c3ccc(Cl)cc3)cnc2[nH]1. The summed E-state index contributed by atoms with van der Waals surface area (Å²) in [6, 6.07) is 8.86. The molecular formula is C13H10ClN3O. The lowest BCUT2D eigenvalue weighted by Crippen LogP contribution is -2.14. The summed E-state index contributed by atoms with van der Waals surface area (Å²) in [7, 11) is 0. The number of rotatable bonds is 1. The zero-order chi connectivity index (χ0) is 12.7. The smallest absolute Gasteiger partial charge is 0.259 e. The van der Waals surface area contributed by atoms with Crippen LogP contribution in [0.25, 0.3) is 17.0 Å². The van der Waals surface area contributed by atoms with Gasteiger partial charge in [-0.1, -0.05) is 23.7 Å². The van der Waals surface area contributed by atoms with Crippen LogP contribution in [0, 0.1) is 6.92 Å². The number of nitrogens with zero attached hydrogens (tertiary/aromatic N) is 2. The highest BCUT2D eigenvalue weighted by Crippen LogP contribution is 2.21. The Kier molecular flexibility index (Phi) is 2.45. The average molecular weight is 260 g/mol. The molecule has 0 aliphatic heterocycles. The quantitative estimate of drug-likeness (QED) is 0.730. The van der Waals surface area contributed by atoms with Gasteiger partial charge in [0.05, 0.1) is 11.9 Å². The molecule has 0 saturated heterocycles. The van der Waals surface area contributed by atoms with Crippen molar-refractivity contribution in [3.63, 3.8) is 0 Å². The zero-order valence-corrected chi connectivity index (χ0v) is 10.4. The van der Waals surface area contributed by atoms with Gasteiger partial charge in [0.25, 0.3) is 5.56 Å². The van der Waals surface area contributed by atoms with E-state index >= 15 is 0 Å². The third kappa shape index (κ3) is 1.71. The van der Waals surface area contributed by atoms with Gasteiger partial charge in [-0.2, -0.15) is 0 Å². The summed E-state index contributed by atoms with van der Waals surface area (Å²) >= 11 is 5.85. The maximum Gasteiger partial charge on any atom is 0.259 e. The second-order valence-electron chi connectivity index (χ2n) is 4.10. The van der Waals surface area contributed by atoms with Crippen LogP contribution in [0.4, 0.5) is 0 Å². The van der Waals surface area contributed by atoms with Crippen LogP contribution in [0.15, 0.2) is 41.3 Å². The zero-order valence-electron chi connectivity index (χ0n) is 9.64. The molecule has 0 bridgehead atoms. The molecule has 0 spiro atoms. The molecule has 0 radical (unpaired) electrons. The van der Waals surface area contributed by atoms with Crippen LogP contribution in [-0.4, -0.2) is 14.4 Å². The molecule has 0 atom stereocenters. The molecule has 2 heterocycles. The summed E-state index contributed by atoms with van der Waals surface area (Å²) in [5, 5.41) is 0.664. The highest BCUT2D eigenvalue weighted by Gasteiger charge is 2.09. The fourth-order valence-corrected chi connectivity index (χ4v) is 2.08. The van der Waals surface area contributed by atoms with Crippen molar-refractivity contribution in [3.8, 4) is 11.3 Å². The van der Waals surface area contributed by atoms with Gasteiger partial charge in [0.1, 0.15) is 0 Å². The minimum Gasteiger partial charge on any atom is -0.329 e. The Morgan fingerprint density at radius 2 is 2.00 bits per heavy atom. The second-order valence-corrected chi connectivity index (χ2v) is 4.54. The molecule has 0 aliphatic rings. The van der Waals surface area contributed by atoms with Crippen molar-refractivity contribution in [2.75, 3.05) is 0 Å². The van der Waals surface area contributed by atoms with E-state index in [1.807, 2.05) is 19.1 Å². The molecule has 1 aromatic carbocycles.